The van der Waals surface area contributed by atoms with Gasteiger partial charge in [0, 0.05) is 38.5 Å². The van der Waals surface area contributed by atoms with Crippen molar-refractivity contribution in [3.63, 3.8) is 0 Å². The maximum Gasteiger partial charge on any atom is 0.196 e. The second-order valence-corrected chi connectivity index (χ2v) is 12.2. The van der Waals surface area contributed by atoms with Crippen molar-refractivity contribution >= 4 is 49.3 Å². The minimum atomic E-state index is -0.191. The first-order valence-electron chi connectivity index (χ1n) is 16.1. The van der Waals surface area contributed by atoms with E-state index in [0.29, 0.717) is 0 Å². The summed E-state index contributed by atoms with van der Waals surface area (Å²) in [7, 11) is 0. The molecule has 0 saturated heterocycles. The smallest absolute Gasteiger partial charge is 0.196 e. The molecule has 1 N–H and O–H groups in total. The minimum absolute atomic E-state index is 0.191. The molecule has 222 valence electrons. The highest BCUT2D eigenvalue weighted by molar-refractivity contribution is 6.23. The third-order valence-corrected chi connectivity index (χ3v) is 9.54. The molecule has 0 radical (unpaired) electrons. The molecule has 0 amide bonds. The van der Waals surface area contributed by atoms with Crippen LogP contribution in [0.15, 0.2) is 164 Å². The van der Waals surface area contributed by atoms with Gasteiger partial charge >= 0.3 is 0 Å². The molecule has 7 aromatic carbocycles. The van der Waals surface area contributed by atoms with Crippen LogP contribution >= 0.6 is 0 Å². The van der Waals surface area contributed by atoms with Crippen molar-refractivity contribution in [2.24, 2.45) is 0 Å². The average molecular weight is 604 g/mol. The molecule has 1 atom stereocenters. The molecule has 47 heavy (non-hydrogen) atoms. The number of para-hydroxylation sites is 3. The van der Waals surface area contributed by atoms with Crippen molar-refractivity contribution in [3.8, 4) is 28.3 Å². The molecule has 0 aliphatic carbocycles. The van der Waals surface area contributed by atoms with Gasteiger partial charge in [0.2, 0.25) is 0 Å². The highest BCUT2D eigenvalue weighted by atomic mass is 16.5. The number of aromatic nitrogens is 2. The summed E-state index contributed by atoms with van der Waals surface area (Å²) in [5.74, 6) is 0.868. The number of rotatable bonds is 4. The highest BCUT2D eigenvalue weighted by Gasteiger charge is 2.24. The Kier molecular flexibility index (Phi) is 5.60. The van der Waals surface area contributed by atoms with E-state index >= 15 is 0 Å². The number of anilines is 1. The molecule has 0 spiro atoms. The summed E-state index contributed by atoms with van der Waals surface area (Å²) in [6, 6.07) is 58.5. The number of hydrogen-bond acceptors (Lipinski definition) is 2. The number of nitrogens with zero attached hydrogens (tertiary/aromatic N) is 2. The molecule has 2 aromatic heterocycles. The molecular formula is C43H29N3O. The zero-order valence-corrected chi connectivity index (χ0v) is 25.5. The molecule has 0 saturated carbocycles. The first-order valence-corrected chi connectivity index (χ1v) is 16.1. The summed E-state index contributed by atoms with van der Waals surface area (Å²) in [4.78, 5) is 0. The number of ether oxygens (including phenoxy) is 1. The molecule has 4 nitrogen and oxygen atoms in total. The van der Waals surface area contributed by atoms with E-state index in [0.717, 1.165) is 39.5 Å². The lowest BCUT2D eigenvalue weighted by Gasteiger charge is -2.14. The molecule has 3 heterocycles. The van der Waals surface area contributed by atoms with Gasteiger partial charge in [0.05, 0.1) is 27.8 Å². The Morgan fingerprint density at radius 3 is 1.72 bits per heavy atom. The van der Waals surface area contributed by atoms with Gasteiger partial charge in [-0.2, -0.15) is 0 Å². The van der Waals surface area contributed by atoms with Crippen LogP contribution in [0.1, 0.15) is 11.8 Å². The second-order valence-electron chi connectivity index (χ2n) is 12.2. The Bertz CT molecular complexity index is 2630. The molecule has 1 unspecified atom stereocenters. The van der Waals surface area contributed by atoms with E-state index in [1.54, 1.807) is 0 Å². The van der Waals surface area contributed by atoms with Gasteiger partial charge < -0.3 is 19.2 Å². The van der Waals surface area contributed by atoms with Gasteiger partial charge in [-0.25, -0.2) is 0 Å². The number of fused-ring (bicyclic) bond motifs is 8. The molecule has 4 heteroatoms. The highest BCUT2D eigenvalue weighted by Crippen LogP contribution is 2.43. The predicted octanol–water partition coefficient (Wildman–Crippen LogP) is 11.1. The van der Waals surface area contributed by atoms with E-state index in [4.69, 9.17) is 4.74 Å². The summed E-state index contributed by atoms with van der Waals surface area (Å²) in [6.07, 6.45) is -0.191. The Hall–Kier alpha value is -6.26. The fourth-order valence-electron chi connectivity index (χ4n) is 7.43. The predicted molar refractivity (Wildman–Crippen MR) is 194 cm³/mol. The molecule has 1 aliphatic rings. The Balaban J connectivity index is 1.20. The van der Waals surface area contributed by atoms with Crippen LogP contribution in [0, 0.1) is 0 Å². The fraction of sp³-hybridized carbons (Fsp3) is 0.0233. The van der Waals surface area contributed by atoms with Gasteiger partial charge in [-0.3, -0.25) is 0 Å². The summed E-state index contributed by atoms with van der Waals surface area (Å²) >= 11 is 0. The van der Waals surface area contributed by atoms with Gasteiger partial charge in [0.25, 0.3) is 0 Å². The summed E-state index contributed by atoms with van der Waals surface area (Å²) in [5, 5.41) is 8.49. The van der Waals surface area contributed by atoms with E-state index in [1.807, 2.05) is 18.2 Å². The normalized spacial score (nSPS) is 14.1. The standard InChI is InChI=1S/C43H29N3O/c1-3-12-28(13-4-1)43-44-37-25-22-30(27-40(37)47-43)29-14-11-17-32(26-29)46-39-21-10-8-19-34(39)36-24-23-35-33-18-7-9-20-38(33)45(41(35)42(36)46)31-15-5-2-6-16-31/h1-27,43-44H. The van der Waals surface area contributed by atoms with Crippen LogP contribution in [0.2, 0.25) is 0 Å². The van der Waals surface area contributed by atoms with Crippen molar-refractivity contribution in [1.29, 1.82) is 0 Å². The van der Waals surface area contributed by atoms with E-state index < -0.39 is 0 Å². The quantitative estimate of drug-likeness (QED) is 0.217. The SMILES string of the molecule is c1ccc(C2Nc3ccc(-c4cccc(-n5c6ccccc6c6ccc7c8ccccc8n(-c8ccccc8)c7c65)c4)cc3O2)cc1. The lowest BCUT2D eigenvalue weighted by atomic mass is 10.0. The van der Waals surface area contributed by atoms with Gasteiger partial charge in [-0.05, 0) is 59.7 Å². The lowest BCUT2D eigenvalue weighted by Crippen LogP contribution is -2.09. The van der Waals surface area contributed by atoms with Gasteiger partial charge in [-0.1, -0.05) is 115 Å². The van der Waals surface area contributed by atoms with Crippen LogP contribution < -0.4 is 10.1 Å². The number of nitrogens with one attached hydrogen (secondary N) is 1. The summed E-state index contributed by atoms with van der Waals surface area (Å²) < 4.78 is 11.3. The second kappa shape index (κ2) is 10.1. The zero-order valence-electron chi connectivity index (χ0n) is 25.5. The Morgan fingerprint density at radius 1 is 0.447 bits per heavy atom. The zero-order chi connectivity index (χ0) is 30.9. The van der Waals surface area contributed by atoms with Crippen LogP contribution in [0.3, 0.4) is 0 Å². The van der Waals surface area contributed by atoms with Crippen LogP contribution in [0.25, 0.3) is 66.1 Å². The van der Waals surface area contributed by atoms with Crippen molar-refractivity contribution in [1.82, 2.24) is 9.13 Å². The maximum atomic E-state index is 6.39. The van der Waals surface area contributed by atoms with Crippen molar-refractivity contribution < 1.29 is 4.74 Å². The third kappa shape index (κ3) is 3.95. The topological polar surface area (TPSA) is 31.1 Å². The van der Waals surface area contributed by atoms with Crippen molar-refractivity contribution in [3.05, 3.63) is 169 Å². The van der Waals surface area contributed by atoms with Crippen LogP contribution in [-0.4, -0.2) is 9.13 Å². The average Bonchev–Trinajstić information content (AvgIpc) is 3.82. The van der Waals surface area contributed by atoms with Gasteiger partial charge in [0.1, 0.15) is 5.75 Å². The van der Waals surface area contributed by atoms with E-state index in [2.05, 4.69) is 160 Å². The molecule has 0 fully saturated rings. The van der Waals surface area contributed by atoms with Crippen LogP contribution in [0.5, 0.6) is 5.75 Å². The van der Waals surface area contributed by atoms with Gasteiger partial charge in [-0.15, -0.1) is 0 Å². The fourth-order valence-corrected chi connectivity index (χ4v) is 7.43. The van der Waals surface area contributed by atoms with E-state index in [1.165, 1.54) is 43.6 Å². The van der Waals surface area contributed by atoms with Gasteiger partial charge in [0.15, 0.2) is 6.23 Å². The van der Waals surface area contributed by atoms with Crippen LogP contribution in [0.4, 0.5) is 5.69 Å². The third-order valence-electron chi connectivity index (χ3n) is 9.54. The molecule has 1 aliphatic heterocycles. The minimum Gasteiger partial charge on any atom is -0.464 e. The van der Waals surface area contributed by atoms with Crippen molar-refractivity contribution in [2.75, 3.05) is 5.32 Å². The van der Waals surface area contributed by atoms with E-state index in [-0.39, 0.29) is 6.23 Å². The summed E-state index contributed by atoms with van der Waals surface area (Å²) in [5.41, 5.74) is 11.4. The van der Waals surface area contributed by atoms with Crippen molar-refractivity contribution in [2.45, 2.75) is 6.23 Å². The first-order chi connectivity index (χ1) is 23.3. The number of benzene rings is 7. The molecule has 9 aromatic rings. The van der Waals surface area contributed by atoms with E-state index in [9.17, 15) is 0 Å². The largest absolute Gasteiger partial charge is 0.464 e. The van der Waals surface area contributed by atoms with Crippen LogP contribution in [-0.2, 0) is 0 Å². The molecular weight excluding hydrogens is 574 g/mol. The summed E-state index contributed by atoms with van der Waals surface area (Å²) in [6.45, 7) is 0. The lowest BCUT2D eigenvalue weighted by molar-refractivity contribution is 0.260. The Morgan fingerprint density at radius 2 is 1.02 bits per heavy atom. The molecule has 10 rings (SSSR count). The maximum absolute atomic E-state index is 6.39. The first kappa shape index (κ1) is 26.0. The Labute approximate surface area is 271 Å². The number of hydrogen-bond donors (Lipinski definition) is 1. The monoisotopic (exact) mass is 603 g/mol. The molecule has 0 bridgehead atoms.